The quantitative estimate of drug-likeness (QED) is 0.880. The van der Waals surface area contributed by atoms with E-state index in [0.29, 0.717) is 5.56 Å². The molecule has 100 valence electrons. The number of hydrogen-bond donors (Lipinski definition) is 2. The lowest BCUT2D eigenvalue weighted by molar-refractivity contribution is 0.0843. The molecule has 0 aliphatic carbocycles. The van der Waals surface area contributed by atoms with Crippen LogP contribution in [0.25, 0.3) is 0 Å². The third kappa shape index (κ3) is 3.17. The molecular weight excluding hydrogens is 251 g/mol. The lowest BCUT2D eigenvalue weighted by Gasteiger charge is -2.20. The van der Waals surface area contributed by atoms with Crippen LogP contribution in [0.2, 0.25) is 0 Å². The highest BCUT2D eigenvalue weighted by Crippen LogP contribution is 2.17. The Kier molecular flexibility index (Phi) is 3.91. The molecule has 2 N–H and O–H groups in total. The number of hydrogen-bond acceptors (Lipinski definition) is 4. The van der Waals surface area contributed by atoms with Crippen molar-refractivity contribution in [2.75, 3.05) is 0 Å². The number of nitrogens with one attached hydrogen (secondary N) is 1. The van der Waals surface area contributed by atoms with E-state index in [0.717, 1.165) is 0 Å². The van der Waals surface area contributed by atoms with Gasteiger partial charge in [-0.15, -0.1) is 0 Å². The molecule has 2 aromatic rings. The molecule has 0 saturated heterocycles. The molecule has 1 aromatic carbocycles. The molecule has 0 aliphatic heterocycles. The third-order valence-corrected chi connectivity index (χ3v) is 2.71. The maximum absolute atomic E-state index is 12.8. The van der Waals surface area contributed by atoms with E-state index in [1.54, 1.807) is 6.92 Å². The van der Waals surface area contributed by atoms with E-state index in [2.05, 4.69) is 15.0 Å². The lowest BCUT2D eigenvalue weighted by atomic mass is 10.0. The minimum atomic E-state index is -0.934. The van der Waals surface area contributed by atoms with E-state index in [9.17, 15) is 14.3 Å². The number of halogens is 1. The Hall–Kier alpha value is -2.21. The van der Waals surface area contributed by atoms with Crippen LogP contribution in [0.15, 0.2) is 41.1 Å². The summed E-state index contributed by atoms with van der Waals surface area (Å²) >= 11 is 0. The number of amides is 1. The number of aliphatic hydroxyl groups is 1. The topological polar surface area (TPSA) is 75.4 Å². The fourth-order valence-corrected chi connectivity index (χ4v) is 1.64. The Morgan fingerprint density at radius 3 is 2.63 bits per heavy atom. The Bertz CT molecular complexity index is 540. The largest absolute Gasteiger partial charge is 0.386 e. The second kappa shape index (κ2) is 5.62. The van der Waals surface area contributed by atoms with E-state index in [4.69, 9.17) is 0 Å². The number of carbonyl (C=O) groups excluding carboxylic acids is 1. The van der Waals surface area contributed by atoms with Crippen LogP contribution in [-0.2, 0) is 0 Å². The first-order valence-electron chi connectivity index (χ1n) is 5.72. The summed E-state index contributed by atoms with van der Waals surface area (Å²) in [6.07, 6.45) is 0.354. The van der Waals surface area contributed by atoms with Crippen LogP contribution in [0, 0.1) is 5.82 Å². The monoisotopic (exact) mass is 264 g/mol. The summed E-state index contributed by atoms with van der Waals surface area (Å²) in [7, 11) is 0. The molecule has 19 heavy (non-hydrogen) atoms. The van der Waals surface area contributed by atoms with Crippen molar-refractivity contribution in [2.24, 2.45) is 0 Å². The second-order valence-corrected chi connectivity index (χ2v) is 4.14. The van der Waals surface area contributed by atoms with Gasteiger partial charge < -0.3 is 14.9 Å². The van der Waals surface area contributed by atoms with Crippen LogP contribution in [-0.4, -0.2) is 22.2 Å². The van der Waals surface area contributed by atoms with Crippen LogP contribution in [0.5, 0.6) is 0 Å². The predicted molar refractivity (Wildman–Crippen MR) is 64.8 cm³/mol. The first kappa shape index (κ1) is 13.2. The van der Waals surface area contributed by atoms with Crippen molar-refractivity contribution >= 4 is 5.91 Å². The number of nitrogens with zero attached hydrogens (tertiary/aromatic N) is 1. The zero-order chi connectivity index (χ0) is 13.8. The molecule has 1 amide bonds. The highest BCUT2D eigenvalue weighted by Gasteiger charge is 2.20. The third-order valence-electron chi connectivity index (χ3n) is 2.71. The predicted octanol–water partition coefficient (Wildman–Crippen LogP) is 1.67. The van der Waals surface area contributed by atoms with Crippen molar-refractivity contribution in [1.29, 1.82) is 0 Å². The zero-order valence-electron chi connectivity index (χ0n) is 10.2. The van der Waals surface area contributed by atoms with Gasteiger partial charge in [0.1, 0.15) is 12.1 Å². The first-order valence-corrected chi connectivity index (χ1v) is 5.72. The smallest absolute Gasteiger partial charge is 0.273 e. The zero-order valence-corrected chi connectivity index (χ0v) is 10.2. The van der Waals surface area contributed by atoms with Gasteiger partial charge in [0.05, 0.1) is 12.1 Å². The van der Waals surface area contributed by atoms with E-state index >= 15 is 0 Å². The van der Waals surface area contributed by atoms with Gasteiger partial charge in [-0.1, -0.05) is 17.3 Å². The van der Waals surface area contributed by atoms with Gasteiger partial charge in [0, 0.05) is 6.07 Å². The summed E-state index contributed by atoms with van der Waals surface area (Å²) in [5, 5.41) is 16.1. The molecule has 0 aliphatic rings. The maximum Gasteiger partial charge on any atom is 0.273 e. The van der Waals surface area contributed by atoms with Crippen molar-refractivity contribution in [3.8, 4) is 0 Å². The van der Waals surface area contributed by atoms with Gasteiger partial charge >= 0.3 is 0 Å². The molecule has 0 bridgehead atoms. The normalized spacial score (nSPS) is 13.8. The standard InChI is InChI=1S/C13H13FN2O3/c1-8(15-13(18)11-6-7-19-16-11)12(17)9-2-4-10(14)5-3-9/h2-8,12,17H,1H3,(H,15,18). The molecular formula is C13H13FN2O3. The Morgan fingerprint density at radius 1 is 1.37 bits per heavy atom. The summed E-state index contributed by atoms with van der Waals surface area (Å²) in [5.41, 5.74) is 0.660. The van der Waals surface area contributed by atoms with Crippen LogP contribution < -0.4 is 5.32 Å². The summed E-state index contributed by atoms with van der Waals surface area (Å²) in [5.74, 6) is -0.822. The first-order chi connectivity index (χ1) is 9.08. The SMILES string of the molecule is CC(NC(=O)c1ccon1)C(O)c1ccc(F)cc1. The Morgan fingerprint density at radius 2 is 2.05 bits per heavy atom. The summed E-state index contributed by atoms with van der Waals surface area (Å²) in [6, 6.07) is 6.33. The van der Waals surface area contributed by atoms with E-state index in [1.165, 1.54) is 36.6 Å². The van der Waals surface area contributed by atoms with Gasteiger partial charge in [-0.25, -0.2) is 4.39 Å². The molecule has 2 rings (SSSR count). The second-order valence-electron chi connectivity index (χ2n) is 4.14. The average molecular weight is 264 g/mol. The van der Waals surface area contributed by atoms with Gasteiger partial charge in [-0.3, -0.25) is 4.79 Å². The van der Waals surface area contributed by atoms with Gasteiger partial charge in [-0.2, -0.15) is 0 Å². The van der Waals surface area contributed by atoms with Crippen LogP contribution in [0.1, 0.15) is 29.1 Å². The molecule has 5 nitrogen and oxygen atoms in total. The van der Waals surface area contributed by atoms with E-state index in [-0.39, 0.29) is 11.5 Å². The number of aromatic nitrogens is 1. The summed E-state index contributed by atoms with van der Waals surface area (Å²) < 4.78 is 17.3. The molecule has 0 radical (unpaired) electrons. The van der Waals surface area contributed by atoms with Crippen LogP contribution in [0.4, 0.5) is 4.39 Å². The van der Waals surface area contributed by atoms with Crippen molar-refractivity contribution in [1.82, 2.24) is 10.5 Å². The number of aliphatic hydroxyl groups excluding tert-OH is 1. The van der Waals surface area contributed by atoms with Crippen molar-refractivity contribution in [3.05, 3.63) is 53.7 Å². The molecule has 0 saturated carbocycles. The molecule has 0 fully saturated rings. The van der Waals surface area contributed by atoms with Crippen LogP contribution in [0.3, 0.4) is 0 Å². The average Bonchev–Trinajstić information content (AvgIpc) is 2.92. The van der Waals surface area contributed by atoms with Crippen LogP contribution >= 0.6 is 0 Å². The minimum absolute atomic E-state index is 0.137. The van der Waals surface area contributed by atoms with Gasteiger partial charge in [0.25, 0.3) is 5.91 Å². The van der Waals surface area contributed by atoms with Crippen molar-refractivity contribution in [3.63, 3.8) is 0 Å². The van der Waals surface area contributed by atoms with Gasteiger partial charge in [0.15, 0.2) is 5.69 Å². The Balaban J connectivity index is 2.01. The number of rotatable bonds is 4. The summed E-state index contributed by atoms with van der Waals surface area (Å²) in [6.45, 7) is 1.64. The maximum atomic E-state index is 12.8. The molecule has 6 heteroatoms. The Labute approximate surface area is 109 Å². The van der Waals surface area contributed by atoms with E-state index < -0.39 is 18.1 Å². The lowest BCUT2D eigenvalue weighted by Crippen LogP contribution is -2.37. The highest BCUT2D eigenvalue weighted by atomic mass is 19.1. The van der Waals surface area contributed by atoms with Crippen molar-refractivity contribution in [2.45, 2.75) is 19.1 Å². The molecule has 2 atom stereocenters. The molecule has 2 unspecified atom stereocenters. The molecule has 1 heterocycles. The number of benzene rings is 1. The van der Waals surface area contributed by atoms with Crippen molar-refractivity contribution < 1.29 is 18.8 Å². The van der Waals surface area contributed by atoms with Gasteiger partial charge in [-0.05, 0) is 24.6 Å². The summed E-state index contributed by atoms with van der Waals surface area (Å²) in [4.78, 5) is 11.7. The van der Waals surface area contributed by atoms with E-state index in [1.807, 2.05) is 0 Å². The molecule has 1 aromatic heterocycles. The minimum Gasteiger partial charge on any atom is -0.386 e. The fraction of sp³-hybridized carbons (Fsp3) is 0.231. The highest BCUT2D eigenvalue weighted by molar-refractivity contribution is 5.92. The number of carbonyl (C=O) groups is 1. The molecule has 0 spiro atoms. The fourth-order valence-electron chi connectivity index (χ4n) is 1.64. The van der Waals surface area contributed by atoms with Gasteiger partial charge in [0.2, 0.25) is 0 Å².